The third-order valence-electron chi connectivity index (χ3n) is 3.84. The van der Waals surface area contributed by atoms with Crippen molar-refractivity contribution in [1.82, 2.24) is 25.1 Å². The van der Waals surface area contributed by atoms with Gasteiger partial charge in [-0.15, -0.1) is 21.5 Å². The first kappa shape index (κ1) is 13.7. The van der Waals surface area contributed by atoms with E-state index in [1.165, 1.54) is 11.3 Å². The van der Waals surface area contributed by atoms with Gasteiger partial charge in [0, 0.05) is 43.5 Å². The predicted molar refractivity (Wildman–Crippen MR) is 79.8 cm³/mol. The van der Waals surface area contributed by atoms with Crippen molar-refractivity contribution in [3.05, 3.63) is 27.7 Å². The van der Waals surface area contributed by atoms with E-state index >= 15 is 0 Å². The maximum atomic E-state index is 4.29. The Morgan fingerprint density at radius 3 is 3.10 bits per heavy atom. The van der Waals surface area contributed by atoms with Crippen LogP contribution in [0, 0.1) is 12.8 Å². The van der Waals surface area contributed by atoms with Crippen molar-refractivity contribution in [2.75, 3.05) is 6.54 Å². The molecule has 1 aliphatic heterocycles. The number of hydrogen-bond acceptors (Lipinski definition) is 5. The zero-order valence-electron chi connectivity index (χ0n) is 12.1. The van der Waals surface area contributed by atoms with Gasteiger partial charge in [0.25, 0.3) is 0 Å². The number of aromatic nitrogens is 4. The van der Waals surface area contributed by atoms with Gasteiger partial charge < -0.3 is 9.88 Å². The molecule has 0 unspecified atom stereocenters. The van der Waals surface area contributed by atoms with Gasteiger partial charge in [-0.3, -0.25) is 0 Å². The number of hydrogen-bond donors (Lipinski definition) is 1. The average molecular weight is 291 g/mol. The Kier molecular flexibility index (Phi) is 4.12. The van der Waals surface area contributed by atoms with Gasteiger partial charge in [-0.1, -0.05) is 6.92 Å². The summed E-state index contributed by atoms with van der Waals surface area (Å²) in [6.45, 7) is 7.23. The molecule has 20 heavy (non-hydrogen) atoms. The summed E-state index contributed by atoms with van der Waals surface area (Å²) < 4.78 is 2.31. The minimum atomic E-state index is 0.679. The number of fused-ring (bicyclic) bond motifs is 1. The Labute approximate surface area is 123 Å². The summed E-state index contributed by atoms with van der Waals surface area (Å²) in [5.74, 6) is 2.97. The first-order chi connectivity index (χ1) is 9.76. The van der Waals surface area contributed by atoms with Crippen LogP contribution in [0.5, 0.6) is 0 Å². The molecule has 0 aromatic carbocycles. The Balaban J connectivity index is 1.52. The lowest BCUT2D eigenvalue weighted by atomic mass is 9.99. The fraction of sp³-hybridized carbons (Fsp3) is 0.643. The van der Waals surface area contributed by atoms with E-state index in [2.05, 4.69) is 38.9 Å². The Morgan fingerprint density at radius 1 is 1.45 bits per heavy atom. The molecule has 0 saturated carbocycles. The van der Waals surface area contributed by atoms with E-state index in [1.807, 2.05) is 6.20 Å². The number of rotatable bonds is 5. The lowest BCUT2D eigenvalue weighted by molar-refractivity contribution is 0.343. The molecular weight excluding hydrogens is 270 g/mol. The summed E-state index contributed by atoms with van der Waals surface area (Å²) in [4.78, 5) is 5.60. The molecule has 0 bridgehead atoms. The minimum absolute atomic E-state index is 0.679. The molecule has 108 valence electrons. The molecule has 3 heterocycles. The van der Waals surface area contributed by atoms with Crippen LogP contribution in [0.2, 0.25) is 0 Å². The monoisotopic (exact) mass is 291 g/mol. The summed E-state index contributed by atoms with van der Waals surface area (Å²) in [5.41, 5.74) is 0. The molecule has 1 aliphatic rings. The summed E-state index contributed by atoms with van der Waals surface area (Å²) in [6.07, 6.45) is 5.20. The van der Waals surface area contributed by atoms with Crippen molar-refractivity contribution in [3.63, 3.8) is 0 Å². The molecule has 0 amide bonds. The highest BCUT2D eigenvalue weighted by atomic mass is 32.1. The topological polar surface area (TPSA) is 55.6 Å². The molecular formula is C14H21N5S. The van der Waals surface area contributed by atoms with Crippen LogP contribution in [-0.4, -0.2) is 26.3 Å². The van der Waals surface area contributed by atoms with Gasteiger partial charge in [0.05, 0.1) is 5.01 Å². The van der Waals surface area contributed by atoms with E-state index < -0.39 is 0 Å². The minimum Gasteiger partial charge on any atom is -0.315 e. The van der Waals surface area contributed by atoms with Crippen LogP contribution in [0.15, 0.2) is 6.20 Å². The molecule has 0 spiro atoms. The molecule has 0 aliphatic carbocycles. The third kappa shape index (κ3) is 2.91. The number of aryl methyl sites for hydroxylation is 3. The summed E-state index contributed by atoms with van der Waals surface area (Å²) in [6, 6.07) is 0. The van der Waals surface area contributed by atoms with E-state index in [9.17, 15) is 0 Å². The molecule has 0 radical (unpaired) electrons. The molecule has 2 aromatic rings. The lowest BCUT2D eigenvalue weighted by Crippen LogP contribution is -2.30. The zero-order valence-corrected chi connectivity index (χ0v) is 12.9. The molecule has 6 heteroatoms. The van der Waals surface area contributed by atoms with Gasteiger partial charge in [-0.2, -0.15) is 0 Å². The van der Waals surface area contributed by atoms with Crippen molar-refractivity contribution in [3.8, 4) is 0 Å². The van der Waals surface area contributed by atoms with Crippen molar-refractivity contribution in [1.29, 1.82) is 0 Å². The van der Waals surface area contributed by atoms with Crippen LogP contribution in [0.3, 0.4) is 0 Å². The molecule has 0 fully saturated rings. The van der Waals surface area contributed by atoms with Crippen molar-refractivity contribution in [2.24, 2.45) is 5.92 Å². The number of thiazole rings is 1. The van der Waals surface area contributed by atoms with Gasteiger partial charge in [-0.25, -0.2) is 4.98 Å². The molecule has 2 aromatic heterocycles. The molecule has 0 saturated heterocycles. The van der Waals surface area contributed by atoms with Crippen LogP contribution in [0.4, 0.5) is 0 Å². The fourth-order valence-corrected chi connectivity index (χ4v) is 3.53. The Morgan fingerprint density at radius 2 is 2.35 bits per heavy atom. The fourth-order valence-electron chi connectivity index (χ4n) is 2.77. The van der Waals surface area contributed by atoms with Gasteiger partial charge in [0.1, 0.15) is 11.6 Å². The van der Waals surface area contributed by atoms with E-state index in [1.54, 1.807) is 11.3 Å². The zero-order chi connectivity index (χ0) is 13.9. The first-order valence-electron chi connectivity index (χ1n) is 7.29. The molecule has 1 N–H and O–H groups in total. The second-order valence-electron chi connectivity index (χ2n) is 5.38. The SMILES string of the molecule is CCc1nnc2n1C[C@H](CNCc1cnc(C)s1)CC2. The Hall–Kier alpha value is -1.27. The first-order valence-corrected chi connectivity index (χ1v) is 8.11. The normalized spacial score (nSPS) is 18.2. The highest BCUT2D eigenvalue weighted by Gasteiger charge is 2.21. The smallest absolute Gasteiger partial charge is 0.133 e. The van der Waals surface area contributed by atoms with E-state index in [0.717, 1.165) is 49.1 Å². The van der Waals surface area contributed by atoms with Gasteiger partial charge in [-0.05, 0) is 19.3 Å². The Bertz CT molecular complexity index is 560. The van der Waals surface area contributed by atoms with Crippen molar-refractivity contribution >= 4 is 11.3 Å². The number of nitrogens with one attached hydrogen (secondary N) is 1. The standard InChI is InChI=1S/C14H21N5S/c1-3-13-17-18-14-5-4-11(9-19(13)14)6-15-7-12-8-16-10(2)20-12/h8,11,15H,3-7,9H2,1-2H3/t11-/m0/s1. The molecule has 5 nitrogen and oxygen atoms in total. The summed E-state index contributed by atoms with van der Waals surface area (Å²) in [5, 5.41) is 13.2. The highest BCUT2D eigenvalue weighted by molar-refractivity contribution is 7.11. The summed E-state index contributed by atoms with van der Waals surface area (Å²) in [7, 11) is 0. The van der Waals surface area contributed by atoms with E-state index in [0.29, 0.717) is 5.92 Å². The second kappa shape index (κ2) is 6.01. The molecule has 3 rings (SSSR count). The average Bonchev–Trinajstić information content (AvgIpc) is 3.04. The van der Waals surface area contributed by atoms with Crippen molar-refractivity contribution in [2.45, 2.75) is 46.2 Å². The van der Waals surface area contributed by atoms with E-state index in [4.69, 9.17) is 0 Å². The third-order valence-corrected chi connectivity index (χ3v) is 4.75. The van der Waals surface area contributed by atoms with Crippen LogP contribution >= 0.6 is 11.3 Å². The second-order valence-corrected chi connectivity index (χ2v) is 6.70. The highest BCUT2D eigenvalue weighted by Crippen LogP contribution is 2.20. The maximum absolute atomic E-state index is 4.29. The van der Waals surface area contributed by atoms with Gasteiger partial charge >= 0.3 is 0 Å². The summed E-state index contributed by atoms with van der Waals surface area (Å²) >= 11 is 1.77. The van der Waals surface area contributed by atoms with E-state index in [-0.39, 0.29) is 0 Å². The van der Waals surface area contributed by atoms with Crippen molar-refractivity contribution < 1.29 is 0 Å². The lowest BCUT2D eigenvalue weighted by Gasteiger charge is -2.24. The number of nitrogens with zero attached hydrogens (tertiary/aromatic N) is 4. The van der Waals surface area contributed by atoms with Crippen LogP contribution < -0.4 is 5.32 Å². The van der Waals surface area contributed by atoms with Crippen LogP contribution in [0.1, 0.15) is 34.9 Å². The molecule has 1 atom stereocenters. The van der Waals surface area contributed by atoms with Gasteiger partial charge in [0.15, 0.2) is 0 Å². The van der Waals surface area contributed by atoms with Crippen LogP contribution in [0.25, 0.3) is 0 Å². The predicted octanol–water partition coefficient (Wildman–Crippen LogP) is 1.96. The van der Waals surface area contributed by atoms with Gasteiger partial charge in [0.2, 0.25) is 0 Å². The maximum Gasteiger partial charge on any atom is 0.133 e. The largest absolute Gasteiger partial charge is 0.315 e. The quantitative estimate of drug-likeness (QED) is 0.915. The van der Waals surface area contributed by atoms with Crippen LogP contribution in [-0.2, 0) is 25.9 Å².